The maximum absolute atomic E-state index is 5.44. The van der Waals surface area contributed by atoms with Crippen LogP contribution in [0.5, 0.6) is 0 Å². The summed E-state index contributed by atoms with van der Waals surface area (Å²) >= 11 is 0. The van der Waals surface area contributed by atoms with Crippen molar-refractivity contribution in [1.29, 1.82) is 0 Å². The van der Waals surface area contributed by atoms with Crippen molar-refractivity contribution < 1.29 is 17.7 Å². The molecule has 0 fully saturated rings. The molecule has 0 heterocycles. The van der Waals surface area contributed by atoms with Crippen LogP contribution in [0.15, 0.2) is 12.3 Å². The van der Waals surface area contributed by atoms with Crippen LogP contribution in [0.4, 0.5) is 0 Å². The molecule has 0 radical (unpaired) electrons. The molecule has 0 bridgehead atoms. The molecule has 14 heavy (non-hydrogen) atoms. The van der Waals surface area contributed by atoms with Crippen LogP contribution in [-0.2, 0) is 17.7 Å². The van der Waals surface area contributed by atoms with E-state index in [1.165, 1.54) is 0 Å². The monoisotopic (exact) mass is 220 g/mol. The van der Waals surface area contributed by atoms with E-state index in [4.69, 9.17) is 17.7 Å². The molecule has 0 aliphatic carbocycles. The van der Waals surface area contributed by atoms with Gasteiger partial charge in [0, 0.05) is 19.8 Å². The van der Waals surface area contributed by atoms with E-state index in [9.17, 15) is 0 Å². The van der Waals surface area contributed by atoms with Gasteiger partial charge in [0.1, 0.15) is 0 Å². The van der Waals surface area contributed by atoms with E-state index >= 15 is 0 Å². The minimum Gasteiger partial charge on any atom is -0.485 e. The van der Waals surface area contributed by atoms with Gasteiger partial charge in [-0.15, -0.1) is 0 Å². The molecule has 0 aromatic carbocycles. The van der Waals surface area contributed by atoms with E-state index < -0.39 is 9.05 Å². The molecule has 0 aromatic rings. The highest BCUT2D eigenvalue weighted by molar-refractivity contribution is 6.53. The van der Waals surface area contributed by atoms with E-state index in [1.807, 2.05) is 20.8 Å². The SMILES string of the molecule is C=C(C)O[Si](OCC)(OCC)OCC. The topological polar surface area (TPSA) is 36.9 Å². The average molecular weight is 220 g/mol. The van der Waals surface area contributed by atoms with Crippen LogP contribution in [0.2, 0.25) is 0 Å². The van der Waals surface area contributed by atoms with Gasteiger partial charge in [0.15, 0.2) is 0 Å². The third kappa shape index (κ3) is 4.76. The highest BCUT2D eigenvalue weighted by atomic mass is 28.4. The predicted octanol–water partition coefficient (Wildman–Crippen LogP) is 2.08. The van der Waals surface area contributed by atoms with Gasteiger partial charge in [-0.3, -0.25) is 0 Å². The minimum atomic E-state index is -2.96. The van der Waals surface area contributed by atoms with Crippen LogP contribution in [0, 0.1) is 0 Å². The highest BCUT2D eigenvalue weighted by Gasteiger charge is 2.47. The van der Waals surface area contributed by atoms with Crippen LogP contribution in [-0.4, -0.2) is 28.9 Å². The van der Waals surface area contributed by atoms with Crippen LogP contribution < -0.4 is 0 Å². The second-order valence-corrected chi connectivity index (χ2v) is 4.67. The first-order chi connectivity index (χ1) is 6.60. The summed E-state index contributed by atoms with van der Waals surface area (Å²) in [6, 6.07) is 0. The molecule has 5 heteroatoms. The Morgan fingerprint density at radius 2 is 1.36 bits per heavy atom. The molecular formula is C9H20O4Si. The Morgan fingerprint density at radius 1 is 1.00 bits per heavy atom. The fraction of sp³-hybridized carbons (Fsp3) is 0.778. The number of hydrogen-bond acceptors (Lipinski definition) is 4. The zero-order chi connectivity index (χ0) is 11.0. The van der Waals surface area contributed by atoms with Crippen molar-refractivity contribution in [2.45, 2.75) is 27.7 Å². The van der Waals surface area contributed by atoms with Crippen LogP contribution in [0.3, 0.4) is 0 Å². The van der Waals surface area contributed by atoms with Crippen molar-refractivity contribution in [2.75, 3.05) is 19.8 Å². The number of allylic oxidation sites excluding steroid dienone is 1. The Hall–Kier alpha value is -0.363. The van der Waals surface area contributed by atoms with Gasteiger partial charge in [-0.25, -0.2) is 0 Å². The lowest BCUT2D eigenvalue weighted by atomic mass is 10.7. The summed E-state index contributed by atoms with van der Waals surface area (Å²) in [6.07, 6.45) is 0. The molecule has 0 aliphatic rings. The zero-order valence-corrected chi connectivity index (χ0v) is 10.5. The first-order valence-corrected chi connectivity index (χ1v) is 6.49. The molecule has 0 atom stereocenters. The average Bonchev–Trinajstić information content (AvgIpc) is 2.03. The number of rotatable bonds is 8. The fourth-order valence-corrected chi connectivity index (χ4v) is 2.87. The van der Waals surface area contributed by atoms with Gasteiger partial charge in [0.05, 0.1) is 5.76 Å². The van der Waals surface area contributed by atoms with E-state index in [2.05, 4.69) is 6.58 Å². The van der Waals surface area contributed by atoms with Crippen molar-refractivity contribution in [3.63, 3.8) is 0 Å². The maximum Gasteiger partial charge on any atom is 0.749 e. The van der Waals surface area contributed by atoms with Crippen LogP contribution in [0.25, 0.3) is 0 Å². The lowest BCUT2D eigenvalue weighted by molar-refractivity contribution is -0.00952. The van der Waals surface area contributed by atoms with Gasteiger partial charge < -0.3 is 17.7 Å². The second-order valence-electron chi connectivity index (χ2n) is 2.60. The smallest absolute Gasteiger partial charge is 0.485 e. The van der Waals surface area contributed by atoms with E-state index in [1.54, 1.807) is 6.92 Å². The highest BCUT2D eigenvalue weighted by Crippen LogP contribution is 2.15. The van der Waals surface area contributed by atoms with Crippen LogP contribution >= 0.6 is 0 Å². The Bertz CT molecular complexity index is 155. The normalized spacial score (nSPS) is 11.4. The molecule has 0 amide bonds. The molecule has 0 spiro atoms. The Balaban J connectivity index is 4.45. The Kier molecular flexibility index (Phi) is 6.82. The summed E-state index contributed by atoms with van der Waals surface area (Å²) in [5.41, 5.74) is 0. The summed E-state index contributed by atoms with van der Waals surface area (Å²) in [5, 5.41) is 0. The Labute approximate surface area is 87.3 Å². The maximum atomic E-state index is 5.44. The van der Waals surface area contributed by atoms with Gasteiger partial charge in [0.25, 0.3) is 0 Å². The minimum absolute atomic E-state index is 0.500. The van der Waals surface area contributed by atoms with E-state index in [0.717, 1.165) is 0 Å². The van der Waals surface area contributed by atoms with Gasteiger partial charge in [-0.05, 0) is 27.7 Å². The first kappa shape index (κ1) is 13.6. The Morgan fingerprint density at radius 3 is 1.57 bits per heavy atom. The summed E-state index contributed by atoms with van der Waals surface area (Å²) in [4.78, 5) is 0. The van der Waals surface area contributed by atoms with Gasteiger partial charge in [0.2, 0.25) is 0 Å². The summed E-state index contributed by atoms with van der Waals surface area (Å²) in [5.74, 6) is 0.548. The molecule has 0 N–H and O–H groups in total. The molecule has 0 saturated carbocycles. The van der Waals surface area contributed by atoms with Gasteiger partial charge in [-0.2, -0.15) is 0 Å². The fourth-order valence-electron chi connectivity index (χ4n) is 0.957. The summed E-state index contributed by atoms with van der Waals surface area (Å²) in [6.45, 7) is 12.5. The lowest BCUT2D eigenvalue weighted by Gasteiger charge is -2.26. The van der Waals surface area contributed by atoms with Crippen molar-refractivity contribution in [2.24, 2.45) is 0 Å². The molecule has 4 nitrogen and oxygen atoms in total. The third-order valence-electron chi connectivity index (χ3n) is 1.26. The summed E-state index contributed by atoms with van der Waals surface area (Å²) < 4.78 is 21.7. The molecule has 84 valence electrons. The standard InChI is InChI=1S/C9H20O4Si/c1-6-10-14(11-7-2,12-8-3)13-9(4)5/h4,6-8H2,1-3,5H3. The number of hydrogen-bond donors (Lipinski definition) is 0. The van der Waals surface area contributed by atoms with Crippen molar-refractivity contribution >= 4 is 9.05 Å². The van der Waals surface area contributed by atoms with Crippen molar-refractivity contribution in [1.82, 2.24) is 0 Å². The second kappa shape index (κ2) is 7.00. The first-order valence-electron chi connectivity index (χ1n) is 4.86. The van der Waals surface area contributed by atoms with E-state index in [0.29, 0.717) is 25.6 Å². The van der Waals surface area contributed by atoms with Gasteiger partial charge >= 0.3 is 9.05 Å². The van der Waals surface area contributed by atoms with Crippen molar-refractivity contribution in [3.8, 4) is 0 Å². The van der Waals surface area contributed by atoms with Gasteiger partial charge in [-0.1, -0.05) is 6.58 Å². The van der Waals surface area contributed by atoms with E-state index in [-0.39, 0.29) is 0 Å². The lowest BCUT2D eigenvalue weighted by Crippen LogP contribution is -2.48. The van der Waals surface area contributed by atoms with Crippen LogP contribution in [0.1, 0.15) is 27.7 Å². The molecule has 0 unspecified atom stereocenters. The molecule has 0 aliphatic heterocycles. The molecule has 0 aromatic heterocycles. The predicted molar refractivity (Wildman–Crippen MR) is 56.5 cm³/mol. The zero-order valence-electron chi connectivity index (χ0n) is 9.46. The largest absolute Gasteiger partial charge is 0.749 e. The quantitative estimate of drug-likeness (QED) is 0.463. The molecule has 0 rings (SSSR count). The van der Waals surface area contributed by atoms with Crippen molar-refractivity contribution in [3.05, 3.63) is 12.3 Å². The molecule has 0 saturated heterocycles. The molecular weight excluding hydrogens is 200 g/mol. The summed E-state index contributed by atoms with van der Waals surface area (Å²) in [7, 11) is -2.96. The third-order valence-corrected chi connectivity index (χ3v) is 3.79.